The maximum Gasteiger partial charge on any atom is 0.244 e. The van der Waals surface area contributed by atoms with Gasteiger partial charge in [-0.05, 0) is 47.0 Å². The second-order valence-electron chi connectivity index (χ2n) is 5.24. The van der Waals surface area contributed by atoms with Crippen LogP contribution < -0.4 is 0 Å². The van der Waals surface area contributed by atoms with Crippen molar-refractivity contribution in [3.05, 3.63) is 28.5 Å². The molecule has 0 aromatic heterocycles. The molecule has 20 heavy (non-hydrogen) atoms. The van der Waals surface area contributed by atoms with E-state index in [-0.39, 0.29) is 15.4 Å². The average Bonchev–Trinajstić information content (AvgIpc) is 2.66. The third-order valence-corrected chi connectivity index (χ3v) is 6.78. The van der Waals surface area contributed by atoms with Crippen LogP contribution in [0.5, 0.6) is 0 Å². The van der Waals surface area contributed by atoms with E-state index < -0.39 is 15.8 Å². The molecule has 0 radical (unpaired) electrons. The Labute approximate surface area is 128 Å². The maximum absolute atomic E-state index is 13.1. The fourth-order valence-electron chi connectivity index (χ4n) is 2.66. The first-order valence-electron chi connectivity index (χ1n) is 6.86. The van der Waals surface area contributed by atoms with E-state index in [1.54, 1.807) is 7.05 Å². The van der Waals surface area contributed by atoms with Crippen LogP contribution in [0, 0.1) is 5.82 Å². The Morgan fingerprint density at radius 1 is 1.20 bits per heavy atom. The van der Waals surface area contributed by atoms with Crippen molar-refractivity contribution < 1.29 is 12.8 Å². The molecule has 0 heterocycles. The predicted octanol–water partition coefficient (Wildman–Crippen LogP) is 3.93. The number of halogens is 2. The molecule has 1 fully saturated rings. The molecule has 6 heteroatoms. The SMILES string of the molecule is CN(C1CCCCCC1)S(=O)(=O)c1ccc(F)cc1Br. The second kappa shape index (κ2) is 6.54. The topological polar surface area (TPSA) is 37.4 Å². The van der Waals surface area contributed by atoms with Crippen LogP contribution >= 0.6 is 15.9 Å². The lowest BCUT2D eigenvalue weighted by atomic mass is 10.1. The standard InChI is InChI=1S/C14H19BrFNO2S/c1-17(12-6-4-2-3-5-7-12)20(18,19)14-9-8-11(16)10-13(14)15/h8-10,12H,2-7H2,1H3. The zero-order valence-electron chi connectivity index (χ0n) is 11.5. The predicted molar refractivity (Wildman–Crippen MR) is 80.5 cm³/mol. The van der Waals surface area contributed by atoms with E-state index in [1.807, 2.05) is 0 Å². The van der Waals surface area contributed by atoms with Gasteiger partial charge in [0.2, 0.25) is 10.0 Å². The van der Waals surface area contributed by atoms with Gasteiger partial charge in [0.05, 0.1) is 4.90 Å². The van der Waals surface area contributed by atoms with Crippen molar-refractivity contribution in [2.75, 3.05) is 7.05 Å². The highest BCUT2D eigenvalue weighted by Gasteiger charge is 2.29. The first kappa shape index (κ1) is 15.9. The number of sulfonamides is 1. The molecule has 0 bridgehead atoms. The van der Waals surface area contributed by atoms with E-state index in [0.717, 1.165) is 25.7 Å². The van der Waals surface area contributed by atoms with Crippen LogP contribution in [-0.4, -0.2) is 25.8 Å². The van der Waals surface area contributed by atoms with Crippen molar-refractivity contribution in [3.8, 4) is 0 Å². The van der Waals surface area contributed by atoms with Gasteiger partial charge in [0.1, 0.15) is 5.82 Å². The van der Waals surface area contributed by atoms with E-state index in [1.165, 1.54) is 35.3 Å². The summed E-state index contributed by atoms with van der Waals surface area (Å²) < 4.78 is 40.1. The number of nitrogens with zero attached hydrogens (tertiary/aromatic N) is 1. The van der Waals surface area contributed by atoms with Crippen LogP contribution in [0.15, 0.2) is 27.6 Å². The van der Waals surface area contributed by atoms with Crippen LogP contribution in [0.3, 0.4) is 0 Å². The molecule has 0 atom stereocenters. The third-order valence-electron chi connectivity index (χ3n) is 3.89. The molecule has 0 N–H and O–H groups in total. The largest absolute Gasteiger partial charge is 0.244 e. The molecular weight excluding hydrogens is 345 g/mol. The summed E-state index contributed by atoms with van der Waals surface area (Å²) in [4.78, 5) is 0.130. The van der Waals surface area contributed by atoms with Crippen molar-refractivity contribution in [2.45, 2.75) is 49.5 Å². The van der Waals surface area contributed by atoms with Crippen LogP contribution in [0.4, 0.5) is 4.39 Å². The summed E-state index contributed by atoms with van der Waals surface area (Å²) in [7, 11) is -1.96. The highest BCUT2D eigenvalue weighted by Crippen LogP contribution is 2.29. The van der Waals surface area contributed by atoms with Gasteiger partial charge in [-0.15, -0.1) is 0 Å². The molecule has 0 unspecified atom stereocenters. The summed E-state index contributed by atoms with van der Waals surface area (Å²) in [6, 6.07) is 3.73. The van der Waals surface area contributed by atoms with Crippen LogP contribution in [0.25, 0.3) is 0 Å². The lowest BCUT2D eigenvalue weighted by Crippen LogP contribution is -2.36. The van der Waals surface area contributed by atoms with Gasteiger partial charge in [0.15, 0.2) is 0 Å². The molecule has 0 aliphatic heterocycles. The number of hydrogen-bond acceptors (Lipinski definition) is 2. The molecule has 1 aliphatic carbocycles. The van der Waals surface area contributed by atoms with E-state index in [2.05, 4.69) is 15.9 Å². The minimum absolute atomic E-state index is 0.0412. The molecule has 1 aromatic rings. The molecule has 0 spiro atoms. The van der Waals surface area contributed by atoms with Gasteiger partial charge < -0.3 is 0 Å². The number of hydrogen-bond donors (Lipinski definition) is 0. The third kappa shape index (κ3) is 3.40. The van der Waals surface area contributed by atoms with E-state index in [0.29, 0.717) is 0 Å². The molecule has 1 saturated carbocycles. The van der Waals surface area contributed by atoms with Gasteiger partial charge in [0.25, 0.3) is 0 Å². The number of benzene rings is 1. The first-order valence-corrected chi connectivity index (χ1v) is 9.09. The Kier molecular flexibility index (Phi) is 5.20. The van der Waals surface area contributed by atoms with E-state index in [9.17, 15) is 12.8 Å². The Balaban J connectivity index is 2.28. The summed E-state index contributed by atoms with van der Waals surface area (Å²) in [5, 5.41) is 0. The van der Waals surface area contributed by atoms with Crippen LogP contribution in [0.2, 0.25) is 0 Å². The van der Waals surface area contributed by atoms with Gasteiger partial charge in [-0.2, -0.15) is 4.31 Å². The molecule has 0 amide bonds. The van der Waals surface area contributed by atoms with Gasteiger partial charge in [-0.3, -0.25) is 0 Å². The normalized spacial score (nSPS) is 18.2. The molecular formula is C14H19BrFNO2S. The van der Waals surface area contributed by atoms with E-state index >= 15 is 0 Å². The Morgan fingerprint density at radius 2 is 1.80 bits per heavy atom. The van der Waals surface area contributed by atoms with Gasteiger partial charge >= 0.3 is 0 Å². The first-order chi connectivity index (χ1) is 9.43. The van der Waals surface area contributed by atoms with Gasteiger partial charge in [0, 0.05) is 17.6 Å². The lowest BCUT2D eigenvalue weighted by molar-refractivity contribution is 0.335. The minimum Gasteiger partial charge on any atom is -0.207 e. The summed E-state index contributed by atoms with van der Waals surface area (Å²) in [6.45, 7) is 0. The van der Waals surface area contributed by atoms with Crippen molar-refractivity contribution in [1.82, 2.24) is 4.31 Å². The summed E-state index contributed by atoms with van der Waals surface area (Å²) in [5.41, 5.74) is 0. The monoisotopic (exact) mass is 363 g/mol. The van der Waals surface area contributed by atoms with Crippen molar-refractivity contribution in [1.29, 1.82) is 0 Å². The fourth-order valence-corrected chi connectivity index (χ4v) is 5.08. The molecule has 2 rings (SSSR count). The van der Waals surface area contributed by atoms with Crippen molar-refractivity contribution in [2.24, 2.45) is 0 Å². The van der Waals surface area contributed by atoms with E-state index in [4.69, 9.17) is 0 Å². The quantitative estimate of drug-likeness (QED) is 0.762. The fraction of sp³-hybridized carbons (Fsp3) is 0.571. The summed E-state index contributed by atoms with van der Waals surface area (Å²) in [5.74, 6) is -0.451. The Hall–Kier alpha value is -0.460. The highest BCUT2D eigenvalue weighted by atomic mass is 79.9. The molecule has 112 valence electrons. The lowest BCUT2D eigenvalue weighted by Gasteiger charge is -2.26. The van der Waals surface area contributed by atoms with Crippen molar-refractivity contribution >= 4 is 26.0 Å². The maximum atomic E-state index is 13.1. The van der Waals surface area contributed by atoms with Gasteiger partial charge in [-0.25, -0.2) is 12.8 Å². The van der Waals surface area contributed by atoms with Crippen LogP contribution in [-0.2, 0) is 10.0 Å². The average molecular weight is 364 g/mol. The molecule has 0 saturated heterocycles. The molecule has 1 aliphatic rings. The number of rotatable bonds is 3. The molecule has 3 nitrogen and oxygen atoms in total. The van der Waals surface area contributed by atoms with Crippen LogP contribution in [0.1, 0.15) is 38.5 Å². The zero-order valence-corrected chi connectivity index (χ0v) is 13.9. The summed E-state index contributed by atoms with van der Waals surface area (Å²) in [6.07, 6.45) is 6.27. The smallest absolute Gasteiger partial charge is 0.207 e. The highest BCUT2D eigenvalue weighted by molar-refractivity contribution is 9.10. The molecule has 1 aromatic carbocycles. The second-order valence-corrected chi connectivity index (χ2v) is 8.06. The van der Waals surface area contributed by atoms with Crippen molar-refractivity contribution in [3.63, 3.8) is 0 Å². The van der Waals surface area contributed by atoms with Gasteiger partial charge in [-0.1, -0.05) is 25.7 Å². The minimum atomic E-state index is -3.58. The Bertz CT molecular complexity index is 569. The summed E-state index contributed by atoms with van der Waals surface area (Å²) >= 11 is 3.14. The zero-order chi connectivity index (χ0) is 14.8. The Morgan fingerprint density at radius 3 is 2.35 bits per heavy atom.